The second-order valence-electron chi connectivity index (χ2n) is 4.71. The summed E-state index contributed by atoms with van der Waals surface area (Å²) in [6.07, 6.45) is 5.03. The van der Waals surface area contributed by atoms with Crippen molar-refractivity contribution in [3.63, 3.8) is 0 Å². The van der Waals surface area contributed by atoms with Crippen LogP contribution in [0.15, 0.2) is 68.6 Å². The maximum atomic E-state index is 12.6. The van der Waals surface area contributed by atoms with Gasteiger partial charge in [0.25, 0.3) is 5.91 Å². The molecule has 0 aromatic carbocycles. The molecule has 3 heterocycles. The zero-order valence-corrected chi connectivity index (χ0v) is 13.2. The first-order valence-corrected chi connectivity index (χ1v) is 7.47. The number of rotatable bonds is 5. The van der Waals surface area contributed by atoms with E-state index in [1.165, 1.54) is 0 Å². The van der Waals surface area contributed by atoms with Gasteiger partial charge in [-0.3, -0.25) is 9.78 Å². The quantitative estimate of drug-likeness (QED) is 0.692. The molecule has 0 aliphatic rings. The Morgan fingerprint density at radius 2 is 2.09 bits per heavy atom. The molecule has 0 bridgehead atoms. The summed E-state index contributed by atoms with van der Waals surface area (Å²) in [5.41, 5.74) is 0.938. The van der Waals surface area contributed by atoms with Crippen LogP contribution >= 0.6 is 15.9 Å². The van der Waals surface area contributed by atoms with Gasteiger partial charge in [-0.05, 0) is 51.8 Å². The highest BCUT2D eigenvalue weighted by Crippen LogP contribution is 2.18. The fourth-order valence-electron chi connectivity index (χ4n) is 2.09. The molecule has 1 amide bonds. The molecule has 6 heteroatoms. The normalized spacial score (nSPS) is 10.6. The van der Waals surface area contributed by atoms with E-state index in [1.54, 1.807) is 41.8 Å². The van der Waals surface area contributed by atoms with Crippen molar-refractivity contribution in [1.82, 2.24) is 9.88 Å². The average molecular weight is 361 g/mol. The van der Waals surface area contributed by atoms with Crippen molar-refractivity contribution in [2.75, 3.05) is 0 Å². The molecule has 0 unspecified atom stereocenters. The van der Waals surface area contributed by atoms with Gasteiger partial charge in [-0.25, -0.2) is 0 Å². The zero-order valence-electron chi connectivity index (χ0n) is 11.6. The molecule has 3 rings (SSSR count). The van der Waals surface area contributed by atoms with E-state index in [0.717, 1.165) is 5.56 Å². The van der Waals surface area contributed by atoms with Crippen molar-refractivity contribution in [2.45, 2.75) is 13.1 Å². The van der Waals surface area contributed by atoms with Crippen LogP contribution in [0.3, 0.4) is 0 Å². The second-order valence-corrected chi connectivity index (χ2v) is 5.49. The lowest BCUT2D eigenvalue weighted by Crippen LogP contribution is -2.29. The predicted molar refractivity (Wildman–Crippen MR) is 82.9 cm³/mol. The van der Waals surface area contributed by atoms with Gasteiger partial charge in [-0.15, -0.1) is 0 Å². The summed E-state index contributed by atoms with van der Waals surface area (Å²) in [6, 6.07) is 10.7. The number of carbonyl (C=O) groups excluding carboxylic acids is 1. The number of halogens is 1. The van der Waals surface area contributed by atoms with Crippen LogP contribution in [0.2, 0.25) is 0 Å². The number of hydrogen-bond acceptors (Lipinski definition) is 4. The number of carbonyl (C=O) groups is 1. The predicted octanol–water partition coefficient (Wildman–Crippen LogP) is 3.87. The molecule has 0 fully saturated rings. The first kappa shape index (κ1) is 14.6. The Morgan fingerprint density at radius 1 is 1.18 bits per heavy atom. The van der Waals surface area contributed by atoms with Gasteiger partial charge < -0.3 is 13.7 Å². The lowest BCUT2D eigenvalue weighted by molar-refractivity contribution is 0.0683. The zero-order chi connectivity index (χ0) is 15.4. The maximum Gasteiger partial charge on any atom is 0.290 e. The molecule has 5 nitrogen and oxygen atoms in total. The highest BCUT2D eigenvalue weighted by molar-refractivity contribution is 9.10. The van der Waals surface area contributed by atoms with Gasteiger partial charge in [0, 0.05) is 18.9 Å². The molecular weight excluding hydrogens is 348 g/mol. The minimum atomic E-state index is -0.203. The van der Waals surface area contributed by atoms with Crippen LogP contribution in [-0.2, 0) is 13.1 Å². The molecule has 0 saturated carbocycles. The van der Waals surface area contributed by atoms with Crippen molar-refractivity contribution >= 4 is 21.8 Å². The minimum Gasteiger partial charge on any atom is -0.467 e. The number of furan rings is 2. The highest BCUT2D eigenvalue weighted by atomic mass is 79.9. The van der Waals surface area contributed by atoms with Gasteiger partial charge in [0.1, 0.15) is 5.76 Å². The molecule has 0 radical (unpaired) electrons. The Balaban J connectivity index is 1.83. The molecule has 0 aliphatic carbocycles. The Kier molecular flexibility index (Phi) is 4.39. The van der Waals surface area contributed by atoms with Gasteiger partial charge in [0.15, 0.2) is 10.4 Å². The fraction of sp³-hybridized carbons (Fsp3) is 0.125. The molecule has 3 aromatic rings. The maximum absolute atomic E-state index is 12.6. The molecule has 3 aromatic heterocycles. The summed E-state index contributed by atoms with van der Waals surface area (Å²) < 4.78 is 11.2. The highest BCUT2D eigenvalue weighted by Gasteiger charge is 2.20. The van der Waals surface area contributed by atoms with E-state index in [9.17, 15) is 4.79 Å². The van der Waals surface area contributed by atoms with Crippen molar-refractivity contribution < 1.29 is 13.6 Å². The van der Waals surface area contributed by atoms with Crippen molar-refractivity contribution in [2.24, 2.45) is 0 Å². The SMILES string of the molecule is O=C(c1ccc(Br)o1)N(Cc1cccnc1)Cc1ccco1. The van der Waals surface area contributed by atoms with E-state index >= 15 is 0 Å². The minimum absolute atomic E-state index is 0.203. The Labute approximate surface area is 135 Å². The standard InChI is InChI=1S/C16H13BrN2O3/c17-15-6-5-14(22-15)16(20)19(11-13-4-2-8-21-13)10-12-3-1-7-18-9-12/h1-9H,10-11H2. The third-order valence-corrected chi connectivity index (χ3v) is 3.52. The monoisotopic (exact) mass is 360 g/mol. The summed E-state index contributed by atoms with van der Waals surface area (Å²) in [7, 11) is 0. The summed E-state index contributed by atoms with van der Waals surface area (Å²) >= 11 is 3.21. The number of aromatic nitrogens is 1. The van der Waals surface area contributed by atoms with Gasteiger partial charge in [-0.1, -0.05) is 6.07 Å². The number of pyridine rings is 1. The Morgan fingerprint density at radius 3 is 2.73 bits per heavy atom. The summed E-state index contributed by atoms with van der Waals surface area (Å²) in [6.45, 7) is 0.782. The first-order chi connectivity index (χ1) is 10.7. The molecule has 0 aliphatic heterocycles. The summed E-state index contributed by atoms with van der Waals surface area (Å²) in [4.78, 5) is 18.4. The summed E-state index contributed by atoms with van der Waals surface area (Å²) in [5.74, 6) is 0.788. The number of amides is 1. The van der Waals surface area contributed by atoms with Crippen LogP contribution in [0, 0.1) is 0 Å². The third kappa shape index (κ3) is 3.46. The van der Waals surface area contributed by atoms with Crippen LogP contribution < -0.4 is 0 Å². The van der Waals surface area contributed by atoms with E-state index in [0.29, 0.717) is 23.5 Å². The van der Waals surface area contributed by atoms with Crippen molar-refractivity contribution in [3.05, 3.63) is 76.8 Å². The molecular formula is C16H13BrN2O3. The van der Waals surface area contributed by atoms with Crippen LogP contribution in [-0.4, -0.2) is 15.8 Å². The molecule has 0 atom stereocenters. The third-order valence-electron chi connectivity index (χ3n) is 3.09. The average Bonchev–Trinajstić information content (AvgIpc) is 3.18. The molecule has 112 valence electrons. The van der Waals surface area contributed by atoms with Crippen LogP contribution in [0.5, 0.6) is 0 Å². The Hall–Kier alpha value is -2.34. The van der Waals surface area contributed by atoms with Crippen molar-refractivity contribution in [1.29, 1.82) is 0 Å². The van der Waals surface area contributed by atoms with Crippen LogP contribution in [0.4, 0.5) is 0 Å². The number of hydrogen-bond donors (Lipinski definition) is 0. The Bertz CT molecular complexity index is 738. The lowest BCUT2D eigenvalue weighted by Gasteiger charge is -2.20. The van der Waals surface area contributed by atoms with Crippen LogP contribution in [0.1, 0.15) is 21.9 Å². The van der Waals surface area contributed by atoms with Gasteiger partial charge in [-0.2, -0.15) is 0 Å². The van der Waals surface area contributed by atoms with E-state index in [2.05, 4.69) is 20.9 Å². The largest absolute Gasteiger partial charge is 0.467 e. The second kappa shape index (κ2) is 6.62. The summed E-state index contributed by atoms with van der Waals surface area (Å²) in [5, 5.41) is 0. The molecule has 0 N–H and O–H groups in total. The topological polar surface area (TPSA) is 59.5 Å². The molecule has 0 spiro atoms. The molecule has 0 saturated heterocycles. The van der Waals surface area contributed by atoms with E-state index < -0.39 is 0 Å². The molecule has 22 heavy (non-hydrogen) atoms. The lowest BCUT2D eigenvalue weighted by atomic mass is 10.2. The van der Waals surface area contributed by atoms with Gasteiger partial charge in [0.2, 0.25) is 0 Å². The van der Waals surface area contributed by atoms with Crippen LogP contribution in [0.25, 0.3) is 0 Å². The van der Waals surface area contributed by atoms with E-state index in [4.69, 9.17) is 8.83 Å². The number of nitrogens with zero attached hydrogens (tertiary/aromatic N) is 2. The van der Waals surface area contributed by atoms with Gasteiger partial charge in [0.05, 0.1) is 12.8 Å². The first-order valence-electron chi connectivity index (χ1n) is 6.68. The van der Waals surface area contributed by atoms with Gasteiger partial charge >= 0.3 is 0 Å². The van der Waals surface area contributed by atoms with Crippen molar-refractivity contribution in [3.8, 4) is 0 Å². The van der Waals surface area contributed by atoms with E-state index in [1.807, 2.05) is 18.2 Å². The van der Waals surface area contributed by atoms with E-state index in [-0.39, 0.29) is 11.7 Å². The smallest absolute Gasteiger partial charge is 0.290 e. The fourth-order valence-corrected chi connectivity index (χ4v) is 2.39.